The van der Waals surface area contributed by atoms with Gasteiger partial charge in [0.15, 0.2) is 11.5 Å². The van der Waals surface area contributed by atoms with Crippen LogP contribution in [0.15, 0.2) is 52.9 Å². The summed E-state index contributed by atoms with van der Waals surface area (Å²) in [7, 11) is 3.08. The number of carbonyl (C=O) groups excluding carboxylic acids is 1. The van der Waals surface area contributed by atoms with Crippen LogP contribution in [0.5, 0.6) is 23.0 Å². The second-order valence-corrected chi connectivity index (χ2v) is 6.80. The number of methoxy groups -OCH3 is 2. The van der Waals surface area contributed by atoms with Gasteiger partial charge in [0, 0.05) is 22.4 Å². The lowest BCUT2D eigenvalue weighted by molar-refractivity contribution is 0.102. The standard InChI is InChI=1S/C23H19NO6/c1-26-19-11-15-14-5-3-4-6-17(14)30-18(15)12-16(19)24-23(25)13-9-20(27-2)22-21(10-13)28-7-8-29-22/h3-6,9-12H,7-8H2,1-2H3,(H,24,25). The van der Waals surface area contributed by atoms with Gasteiger partial charge >= 0.3 is 0 Å². The Bertz CT molecular complexity index is 1260. The largest absolute Gasteiger partial charge is 0.495 e. The Morgan fingerprint density at radius 2 is 1.70 bits per heavy atom. The Kier molecular flexibility index (Phi) is 4.35. The molecule has 1 aliphatic heterocycles. The first-order chi connectivity index (χ1) is 14.7. The quantitative estimate of drug-likeness (QED) is 0.533. The van der Waals surface area contributed by atoms with E-state index >= 15 is 0 Å². The summed E-state index contributed by atoms with van der Waals surface area (Å²) in [6, 6.07) is 14.6. The van der Waals surface area contributed by atoms with Crippen LogP contribution in [0.3, 0.4) is 0 Å². The number of ether oxygens (including phenoxy) is 4. The summed E-state index contributed by atoms with van der Waals surface area (Å²) < 4.78 is 28.0. The van der Waals surface area contributed by atoms with Crippen molar-refractivity contribution in [2.24, 2.45) is 0 Å². The maximum absolute atomic E-state index is 13.0. The summed E-state index contributed by atoms with van der Waals surface area (Å²) in [6.07, 6.45) is 0. The Morgan fingerprint density at radius 3 is 2.53 bits per heavy atom. The average molecular weight is 405 g/mol. The van der Waals surface area contributed by atoms with Crippen LogP contribution in [0.1, 0.15) is 10.4 Å². The van der Waals surface area contributed by atoms with E-state index in [1.807, 2.05) is 30.3 Å². The number of para-hydroxylation sites is 1. The van der Waals surface area contributed by atoms with E-state index in [2.05, 4.69) is 5.32 Å². The maximum Gasteiger partial charge on any atom is 0.256 e. The molecule has 152 valence electrons. The fourth-order valence-corrected chi connectivity index (χ4v) is 3.62. The molecule has 7 nitrogen and oxygen atoms in total. The zero-order valence-corrected chi connectivity index (χ0v) is 16.5. The summed E-state index contributed by atoms with van der Waals surface area (Å²) in [4.78, 5) is 13.0. The molecule has 0 saturated carbocycles. The number of rotatable bonds is 4. The third-order valence-electron chi connectivity index (χ3n) is 5.04. The van der Waals surface area contributed by atoms with Crippen LogP contribution >= 0.6 is 0 Å². The molecule has 0 saturated heterocycles. The van der Waals surface area contributed by atoms with Crippen LogP contribution < -0.4 is 24.3 Å². The van der Waals surface area contributed by atoms with E-state index < -0.39 is 0 Å². The number of furan rings is 1. The number of fused-ring (bicyclic) bond motifs is 4. The van der Waals surface area contributed by atoms with E-state index in [0.717, 1.165) is 16.4 Å². The number of nitrogens with one attached hydrogen (secondary N) is 1. The van der Waals surface area contributed by atoms with Gasteiger partial charge in [0.05, 0.1) is 19.9 Å². The third kappa shape index (κ3) is 2.95. The molecule has 0 aliphatic carbocycles. The van der Waals surface area contributed by atoms with Crippen molar-refractivity contribution < 1.29 is 28.2 Å². The van der Waals surface area contributed by atoms with Gasteiger partial charge in [-0.25, -0.2) is 0 Å². The zero-order valence-electron chi connectivity index (χ0n) is 16.5. The third-order valence-corrected chi connectivity index (χ3v) is 5.04. The van der Waals surface area contributed by atoms with Gasteiger partial charge in [-0.1, -0.05) is 18.2 Å². The molecule has 0 radical (unpaired) electrons. The maximum atomic E-state index is 13.0. The number of anilines is 1. The van der Waals surface area contributed by atoms with Crippen molar-refractivity contribution in [2.75, 3.05) is 32.8 Å². The van der Waals surface area contributed by atoms with Crippen LogP contribution in [0.25, 0.3) is 21.9 Å². The molecule has 4 aromatic rings. The lowest BCUT2D eigenvalue weighted by atomic mass is 10.1. The Labute approximate surface area is 172 Å². The summed E-state index contributed by atoms with van der Waals surface area (Å²) >= 11 is 0. The molecule has 0 atom stereocenters. The van der Waals surface area contributed by atoms with E-state index in [0.29, 0.717) is 53.0 Å². The van der Waals surface area contributed by atoms with Crippen molar-refractivity contribution in [3.05, 3.63) is 54.1 Å². The average Bonchev–Trinajstić information content (AvgIpc) is 3.15. The minimum absolute atomic E-state index is 0.334. The van der Waals surface area contributed by atoms with E-state index in [1.54, 1.807) is 25.3 Å². The molecule has 1 N–H and O–H groups in total. The fraction of sp³-hybridized carbons (Fsp3) is 0.174. The van der Waals surface area contributed by atoms with Crippen molar-refractivity contribution >= 4 is 33.5 Å². The second kappa shape index (κ2) is 7.18. The first kappa shape index (κ1) is 18.2. The first-order valence-electron chi connectivity index (χ1n) is 9.46. The molecular weight excluding hydrogens is 386 g/mol. The van der Waals surface area contributed by atoms with E-state index in [1.165, 1.54) is 7.11 Å². The molecule has 0 spiro atoms. The van der Waals surface area contributed by atoms with E-state index in [9.17, 15) is 4.79 Å². The van der Waals surface area contributed by atoms with Crippen LogP contribution in [0.2, 0.25) is 0 Å². The highest BCUT2D eigenvalue weighted by Crippen LogP contribution is 2.41. The molecule has 0 unspecified atom stereocenters. The van der Waals surface area contributed by atoms with Gasteiger partial charge < -0.3 is 28.7 Å². The Morgan fingerprint density at radius 1 is 0.900 bits per heavy atom. The molecule has 7 heteroatoms. The smallest absolute Gasteiger partial charge is 0.256 e. The minimum Gasteiger partial charge on any atom is -0.495 e. The molecule has 0 fully saturated rings. The highest BCUT2D eigenvalue weighted by Gasteiger charge is 2.22. The van der Waals surface area contributed by atoms with Crippen LogP contribution in [0, 0.1) is 0 Å². The van der Waals surface area contributed by atoms with Gasteiger partial charge in [-0.05, 0) is 24.3 Å². The normalized spacial score (nSPS) is 12.7. The highest BCUT2D eigenvalue weighted by molar-refractivity contribution is 6.10. The Balaban J connectivity index is 1.53. The summed E-state index contributed by atoms with van der Waals surface area (Å²) in [6.45, 7) is 0.849. The molecule has 5 rings (SSSR count). The van der Waals surface area contributed by atoms with Gasteiger partial charge in [-0.15, -0.1) is 0 Å². The first-order valence-corrected chi connectivity index (χ1v) is 9.46. The lowest BCUT2D eigenvalue weighted by Gasteiger charge is -2.21. The molecule has 30 heavy (non-hydrogen) atoms. The minimum atomic E-state index is -0.334. The summed E-state index contributed by atoms with van der Waals surface area (Å²) in [5.74, 6) is 1.62. The molecule has 1 aliphatic rings. The lowest BCUT2D eigenvalue weighted by Crippen LogP contribution is -2.18. The van der Waals surface area contributed by atoms with Crippen molar-refractivity contribution in [1.29, 1.82) is 0 Å². The topological polar surface area (TPSA) is 79.2 Å². The highest BCUT2D eigenvalue weighted by atomic mass is 16.6. The molecule has 1 aromatic heterocycles. The molecule has 3 aromatic carbocycles. The van der Waals surface area contributed by atoms with Crippen LogP contribution in [-0.4, -0.2) is 33.3 Å². The summed E-state index contributed by atoms with van der Waals surface area (Å²) in [5.41, 5.74) is 2.31. The van der Waals surface area contributed by atoms with Gasteiger partial charge in [-0.2, -0.15) is 0 Å². The van der Waals surface area contributed by atoms with Gasteiger partial charge in [0.2, 0.25) is 5.75 Å². The van der Waals surface area contributed by atoms with Gasteiger partial charge in [0.25, 0.3) is 5.91 Å². The molecular formula is C23H19NO6. The van der Waals surface area contributed by atoms with E-state index in [-0.39, 0.29) is 5.91 Å². The predicted octanol–water partition coefficient (Wildman–Crippen LogP) is 4.63. The van der Waals surface area contributed by atoms with E-state index in [4.69, 9.17) is 23.4 Å². The van der Waals surface area contributed by atoms with Crippen molar-refractivity contribution in [3.63, 3.8) is 0 Å². The summed E-state index contributed by atoms with van der Waals surface area (Å²) in [5, 5.41) is 4.80. The predicted molar refractivity (Wildman–Crippen MR) is 112 cm³/mol. The number of hydrogen-bond donors (Lipinski definition) is 1. The van der Waals surface area contributed by atoms with Crippen LogP contribution in [0.4, 0.5) is 5.69 Å². The molecule has 0 bridgehead atoms. The van der Waals surface area contributed by atoms with Crippen molar-refractivity contribution in [3.8, 4) is 23.0 Å². The number of benzene rings is 3. The van der Waals surface area contributed by atoms with Crippen molar-refractivity contribution in [2.45, 2.75) is 0 Å². The van der Waals surface area contributed by atoms with Crippen LogP contribution in [-0.2, 0) is 0 Å². The Hall–Kier alpha value is -3.87. The fourth-order valence-electron chi connectivity index (χ4n) is 3.62. The molecule has 2 heterocycles. The van der Waals surface area contributed by atoms with Gasteiger partial charge in [-0.3, -0.25) is 4.79 Å². The second-order valence-electron chi connectivity index (χ2n) is 6.80. The number of hydrogen-bond acceptors (Lipinski definition) is 6. The van der Waals surface area contributed by atoms with Gasteiger partial charge in [0.1, 0.15) is 30.1 Å². The number of amides is 1. The molecule has 1 amide bonds. The SMILES string of the molecule is COc1cc2c(cc1NC(=O)c1cc(OC)c3c(c1)OCCO3)oc1ccccc12. The number of carbonyl (C=O) groups is 1. The monoisotopic (exact) mass is 405 g/mol. The van der Waals surface area contributed by atoms with Crippen molar-refractivity contribution in [1.82, 2.24) is 0 Å². The zero-order chi connectivity index (χ0) is 20.7.